The van der Waals surface area contributed by atoms with Crippen LogP contribution in [0, 0.1) is 11.3 Å². The Morgan fingerprint density at radius 3 is 2.73 bits per heavy atom. The number of carbonyl (C=O) groups excluding carboxylic acids is 1. The molecule has 22 heavy (non-hydrogen) atoms. The van der Waals surface area contributed by atoms with Crippen LogP contribution in [-0.4, -0.2) is 12.5 Å². The molecule has 0 aliphatic heterocycles. The molecule has 0 spiro atoms. The summed E-state index contributed by atoms with van der Waals surface area (Å²) in [7, 11) is 0. The van der Waals surface area contributed by atoms with Crippen LogP contribution in [0.1, 0.15) is 30.9 Å². The molecule has 0 radical (unpaired) electrons. The first-order valence-electron chi connectivity index (χ1n) is 7.11. The monoisotopic (exact) mass is 294 g/mol. The van der Waals surface area contributed by atoms with Crippen molar-refractivity contribution in [3.8, 4) is 11.8 Å². The van der Waals surface area contributed by atoms with E-state index in [1.807, 2.05) is 30.3 Å². The molecule has 0 saturated carbocycles. The lowest BCUT2D eigenvalue weighted by atomic mass is 10.0. The van der Waals surface area contributed by atoms with Crippen LogP contribution in [-0.2, 0) is 4.79 Å². The van der Waals surface area contributed by atoms with E-state index >= 15 is 0 Å². The summed E-state index contributed by atoms with van der Waals surface area (Å²) in [6.45, 7) is 4.11. The van der Waals surface area contributed by atoms with Gasteiger partial charge >= 0.3 is 0 Å². The third kappa shape index (κ3) is 4.35. The van der Waals surface area contributed by atoms with Crippen molar-refractivity contribution in [2.24, 2.45) is 0 Å². The number of ether oxygens (including phenoxy) is 1. The van der Waals surface area contributed by atoms with E-state index in [9.17, 15) is 4.79 Å². The standard InChI is InChI=1S/C18H18N2O2/c1-13(2)15-6-4-7-16(10-15)20-18(21)12-22-17-8-3-5-14(9-17)11-19/h3-10,13H,12H2,1-2H3,(H,20,21). The number of nitrogens with one attached hydrogen (secondary N) is 1. The lowest BCUT2D eigenvalue weighted by Gasteiger charge is -2.10. The SMILES string of the molecule is CC(C)c1cccc(NC(=O)COc2cccc(C#N)c2)c1. The number of hydrogen-bond acceptors (Lipinski definition) is 3. The Balaban J connectivity index is 1.93. The summed E-state index contributed by atoms with van der Waals surface area (Å²) in [4.78, 5) is 11.9. The quantitative estimate of drug-likeness (QED) is 0.914. The molecule has 112 valence electrons. The zero-order valence-corrected chi connectivity index (χ0v) is 12.7. The number of rotatable bonds is 5. The van der Waals surface area contributed by atoms with Crippen LogP contribution in [0.2, 0.25) is 0 Å². The predicted octanol–water partition coefficient (Wildman–Crippen LogP) is 3.70. The number of nitriles is 1. The van der Waals surface area contributed by atoms with Gasteiger partial charge in [-0.3, -0.25) is 4.79 Å². The molecule has 0 aromatic heterocycles. The van der Waals surface area contributed by atoms with Gasteiger partial charge < -0.3 is 10.1 Å². The first-order valence-corrected chi connectivity index (χ1v) is 7.11. The van der Waals surface area contributed by atoms with Crippen LogP contribution >= 0.6 is 0 Å². The number of nitrogens with zero attached hydrogens (tertiary/aromatic N) is 1. The third-order valence-corrected chi connectivity index (χ3v) is 3.17. The third-order valence-electron chi connectivity index (χ3n) is 3.17. The second-order valence-corrected chi connectivity index (χ2v) is 5.26. The first-order chi connectivity index (χ1) is 10.6. The maximum absolute atomic E-state index is 11.9. The Bertz CT molecular complexity index is 702. The summed E-state index contributed by atoms with van der Waals surface area (Å²) in [6.07, 6.45) is 0. The maximum Gasteiger partial charge on any atom is 0.262 e. The van der Waals surface area contributed by atoms with Crippen LogP contribution in [0.3, 0.4) is 0 Å². The van der Waals surface area contributed by atoms with Crippen LogP contribution in [0.15, 0.2) is 48.5 Å². The Labute approximate surface area is 130 Å². The van der Waals surface area contributed by atoms with Crippen LogP contribution in [0.25, 0.3) is 0 Å². The topological polar surface area (TPSA) is 62.1 Å². The second-order valence-electron chi connectivity index (χ2n) is 5.26. The fourth-order valence-electron chi connectivity index (χ4n) is 1.98. The molecule has 0 aliphatic rings. The van der Waals surface area contributed by atoms with Gasteiger partial charge in [-0.1, -0.05) is 32.0 Å². The van der Waals surface area contributed by atoms with Gasteiger partial charge in [0.05, 0.1) is 11.6 Å². The van der Waals surface area contributed by atoms with Crippen molar-refractivity contribution < 1.29 is 9.53 Å². The summed E-state index contributed by atoms with van der Waals surface area (Å²) in [5.41, 5.74) is 2.42. The fraction of sp³-hybridized carbons (Fsp3) is 0.222. The smallest absolute Gasteiger partial charge is 0.262 e. The summed E-state index contributed by atoms with van der Waals surface area (Å²) in [5, 5.41) is 11.6. The van der Waals surface area contributed by atoms with Crippen LogP contribution in [0.5, 0.6) is 5.75 Å². The Morgan fingerprint density at radius 2 is 2.00 bits per heavy atom. The molecule has 2 aromatic rings. The van der Waals surface area contributed by atoms with Gasteiger partial charge in [-0.05, 0) is 41.8 Å². The molecule has 4 nitrogen and oxygen atoms in total. The highest BCUT2D eigenvalue weighted by atomic mass is 16.5. The molecule has 0 bridgehead atoms. The van der Waals surface area contributed by atoms with Gasteiger partial charge in [0.1, 0.15) is 5.75 Å². The lowest BCUT2D eigenvalue weighted by molar-refractivity contribution is -0.118. The van der Waals surface area contributed by atoms with E-state index < -0.39 is 0 Å². The van der Waals surface area contributed by atoms with Gasteiger partial charge in [0.15, 0.2) is 6.61 Å². The summed E-state index contributed by atoms with van der Waals surface area (Å²) >= 11 is 0. The highest BCUT2D eigenvalue weighted by molar-refractivity contribution is 5.91. The zero-order chi connectivity index (χ0) is 15.9. The Hall–Kier alpha value is -2.80. The molecular formula is C18H18N2O2. The molecule has 2 rings (SSSR count). The normalized spacial score (nSPS) is 10.1. The average molecular weight is 294 g/mol. The molecular weight excluding hydrogens is 276 g/mol. The molecule has 0 saturated heterocycles. The second kappa shape index (κ2) is 7.28. The van der Waals surface area contributed by atoms with Crippen LogP contribution < -0.4 is 10.1 Å². The molecule has 2 aromatic carbocycles. The van der Waals surface area contributed by atoms with Crippen molar-refractivity contribution in [3.63, 3.8) is 0 Å². The van der Waals surface area contributed by atoms with Crippen molar-refractivity contribution in [1.29, 1.82) is 5.26 Å². The Morgan fingerprint density at radius 1 is 1.23 bits per heavy atom. The van der Waals surface area contributed by atoms with E-state index in [-0.39, 0.29) is 12.5 Å². The highest BCUT2D eigenvalue weighted by Crippen LogP contribution is 2.18. The van der Waals surface area contributed by atoms with Gasteiger partial charge in [-0.15, -0.1) is 0 Å². The number of carbonyl (C=O) groups is 1. The largest absolute Gasteiger partial charge is 0.484 e. The molecule has 4 heteroatoms. The summed E-state index contributed by atoms with van der Waals surface area (Å²) in [5.74, 6) is 0.676. The van der Waals surface area contributed by atoms with Crippen molar-refractivity contribution in [2.45, 2.75) is 19.8 Å². The minimum atomic E-state index is -0.233. The summed E-state index contributed by atoms with van der Waals surface area (Å²) < 4.78 is 5.40. The number of amides is 1. The maximum atomic E-state index is 11.9. The number of hydrogen-bond donors (Lipinski definition) is 1. The van der Waals surface area contributed by atoms with Gasteiger partial charge in [0.2, 0.25) is 0 Å². The molecule has 0 atom stereocenters. The Kier molecular flexibility index (Phi) is 5.16. The van der Waals surface area contributed by atoms with E-state index in [4.69, 9.17) is 10.00 Å². The van der Waals surface area contributed by atoms with E-state index in [1.54, 1.807) is 24.3 Å². The van der Waals surface area contributed by atoms with Crippen molar-refractivity contribution >= 4 is 11.6 Å². The molecule has 1 amide bonds. The minimum Gasteiger partial charge on any atom is -0.484 e. The minimum absolute atomic E-state index is 0.0964. The van der Waals surface area contributed by atoms with E-state index in [0.29, 0.717) is 17.2 Å². The number of benzene rings is 2. The van der Waals surface area contributed by atoms with Gasteiger partial charge in [-0.2, -0.15) is 5.26 Å². The number of anilines is 1. The molecule has 0 fully saturated rings. The molecule has 0 heterocycles. The predicted molar refractivity (Wildman–Crippen MR) is 85.8 cm³/mol. The molecule has 1 N–H and O–H groups in total. The van der Waals surface area contributed by atoms with E-state index in [1.165, 1.54) is 5.56 Å². The zero-order valence-electron chi connectivity index (χ0n) is 12.7. The van der Waals surface area contributed by atoms with Gasteiger partial charge in [0, 0.05) is 5.69 Å². The van der Waals surface area contributed by atoms with Gasteiger partial charge in [0.25, 0.3) is 5.91 Å². The van der Waals surface area contributed by atoms with Crippen molar-refractivity contribution in [1.82, 2.24) is 0 Å². The fourth-order valence-corrected chi connectivity index (χ4v) is 1.98. The molecule has 0 unspecified atom stereocenters. The summed E-state index contributed by atoms with van der Waals surface area (Å²) in [6, 6.07) is 16.5. The van der Waals surface area contributed by atoms with E-state index in [2.05, 4.69) is 19.2 Å². The van der Waals surface area contributed by atoms with Gasteiger partial charge in [-0.25, -0.2) is 0 Å². The first kappa shape index (κ1) is 15.6. The van der Waals surface area contributed by atoms with Crippen LogP contribution in [0.4, 0.5) is 5.69 Å². The molecule has 0 aliphatic carbocycles. The average Bonchev–Trinajstić information content (AvgIpc) is 2.53. The lowest BCUT2D eigenvalue weighted by Crippen LogP contribution is -2.20. The van der Waals surface area contributed by atoms with Crippen molar-refractivity contribution in [3.05, 3.63) is 59.7 Å². The van der Waals surface area contributed by atoms with Crippen molar-refractivity contribution in [2.75, 3.05) is 11.9 Å². The highest BCUT2D eigenvalue weighted by Gasteiger charge is 2.06. The van der Waals surface area contributed by atoms with E-state index in [0.717, 1.165) is 5.69 Å².